The van der Waals surface area contributed by atoms with Crippen LogP contribution in [-0.4, -0.2) is 36.7 Å². The van der Waals surface area contributed by atoms with Crippen molar-refractivity contribution in [1.82, 2.24) is 10.0 Å². The summed E-state index contributed by atoms with van der Waals surface area (Å²) in [7, 11) is 4.60. The molecule has 0 radical (unpaired) electrons. The van der Waals surface area contributed by atoms with E-state index in [0.717, 1.165) is 12.0 Å². The summed E-state index contributed by atoms with van der Waals surface area (Å²) in [6, 6.07) is 0.817. The van der Waals surface area contributed by atoms with E-state index >= 15 is 0 Å². The smallest absolute Gasteiger partial charge is 0.0242 e. The minimum absolute atomic E-state index is 0.817. The third-order valence-electron chi connectivity index (χ3n) is 4.89. The second-order valence-corrected chi connectivity index (χ2v) is 6.21. The Kier molecular flexibility index (Phi) is 5.30. The summed E-state index contributed by atoms with van der Waals surface area (Å²) in [5.41, 5.74) is 0. The highest BCUT2D eigenvalue weighted by atomic mass is 15.6. The molecule has 17 heavy (non-hydrogen) atoms. The second-order valence-electron chi connectivity index (χ2n) is 6.21. The Morgan fingerprint density at radius 1 is 0.765 bits per heavy atom. The molecule has 0 aromatic rings. The van der Waals surface area contributed by atoms with Crippen LogP contribution in [0.25, 0.3) is 0 Å². The Morgan fingerprint density at radius 3 is 1.88 bits per heavy atom. The average molecular weight is 238 g/mol. The molecule has 0 aromatic carbocycles. The van der Waals surface area contributed by atoms with Gasteiger partial charge in [0.15, 0.2) is 0 Å². The predicted molar refractivity (Wildman–Crippen MR) is 73.8 cm³/mol. The van der Waals surface area contributed by atoms with E-state index in [4.69, 9.17) is 0 Å². The molecular formula is C15H30N2. The topological polar surface area (TPSA) is 6.48 Å². The van der Waals surface area contributed by atoms with Crippen LogP contribution in [-0.2, 0) is 0 Å². The van der Waals surface area contributed by atoms with Crippen LogP contribution in [0.5, 0.6) is 0 Å². The van der Waals surface area contributed by atoms with Crippen molar-refractivity contribution in [3.8, 4) is 0 Å². The van der Waals surface area contributed by atoms with E-state index in [1.807, 2.05) is 0 Å². The van der Waals surface area contributed by atoms with E-state index in [9.17, 15) is 0 Å². The quantitative estimate of drug-likeness (QED) is 0.689. The summed E-state index contributed by atoms with van der Waals surface area (Å²) in [6.07, 6.45) is 14.5. The van der Waals surface area contributed by atoms with Gasteiger partial charge in [-0.25, -0.2) is 10.0 Å². The molecule has 100 valence electrons. The van der Waals surface area contributed by atoms with Gasteiger partial charge in [-0.3, -0.25) is 0 Å². The number of rotatable bonds is 4. The first-order chi connectivity index (χ1) is 8.27. The molecule has 0 spiro atoms. The average Bonchev–Trinajstić information content (AvgIpc) is 2.40. The van der Waals surface area contributed by atoms with Gasteiger partial charge in [-0.05, 0) is 31.6 Å². The summed E-state index contributed by atoms with van der Waals surface area (Å²) < 4.78 is 0. The van der Waals surface area contributed by atoms with Gasteiger partial charge in [0.25, 0.3) is 0 Å². The monoisotopic (exact) mass is 238 g/mol. The van der Waals surface area contributed by atoms with Gasteiger partial charge in [0.05, 0.1) is 0 Å². The number of hydrogen-bond acceptors (Lipinski definition) is 2. The zero-order valence-electron chi connectivity index (χ0n) is 11.8. The van der Waals surface area contributed by atoms with E-state index in [1.165, 1.54) is 70.8 Å². The molecule has 2 nitrogen and oxygen atoms in total. The Labute approximate surface area is 107 Å². The zero-order valence-corrected chi connectivity index (χ0v) is 11.8. The number of hydrogen-bond donors (Lipinski definition) is 0. The van der Waals surface area contributed by atoms with Crippen LogP contribution in [0.2, 0.25) is 0 Å². The molecular weight excluding hydrogens is 208 g/mol. The van der Waals surface area contributed by atoms with Gasteiger partial charge >= 0.3 is 0 Å². The van der Waals surface area contributed by atoms with Crippen molar-refractivity contribution in [1.29, 1.82) is 0 Å². The van der Waals surface area contributed by atoms with Gasteiger partial charge in [0.2, 0.25) is 0 Å². The standard InChI is InChI=1S/C15H30N2/c1-16(13-14-9-5-3-6-10-14)17(2)15-11-7-4-8-12-15/h14-15H,3-13H2,1-2H3. The lowest BCUT2D eigenvalue weighted by Gasteiger charge is -2.39. The molecule has 0 heterocycles. The van der Waals surface area contributed by atoms with E-state index in [-0.39, 0.29) is 0 Å². The third kappa shape index (κ3) is 3.96. The summed E-state index contributed by atoms with van der Waals surface area (Å²) >= 11 is 0. The van der Waals surface area contributed by atoms with Crippen molar-refractivity contribution < 1.29 is 0 Å². The van der Waals surface area contributed by atoms with Crippen LogP contribution in [0.4, 0.5) is 0 Å². The van der Waals surface area contributed by atoms with Crippen LogP contribution in [0.1, 0.15) is 64.2 Å². The SMILES string of the molecule is CN(CC1CCCCC1)N(C)C1CCCCC1. The minimum Gasteiger partial charge on any atom is -0.245 e. The van der Waals surface area contributed by atoms with Gasteiger partial charge in [-0.1, -0.05) is 38.5 Å². The molecule has 0 N–H and O–H groups in total. The maximum absolute atomic E-state index is 2.54. The highest BCUT2D eigenvalue weighted by Gasteiger charge is 2.23. The summed E-state index contributed by atoms with van der Waals surface area (Å²) in [6.45, 7) is 1.28. The lowest BCUT2D eigenvalue weighted by molar-refractivity contribution is -0.0399. The summed E-state index contributed by atoms with van der Waals surface area (Å²) in [4.78, 5) is 0. The highest BCUT2D eigenvalue weighted by molar-refractivity contribution is 4.74. The molecule has 0 saturated heterocycles. The highest BCUT2D eigenvalue weighted by Crippen LogP contribution is 2.26. The number of hydrazine groups is 1. The lowest BCUT2D eigenvalue weighted by atomic mass is 9.89. The van der Waals surface area contributed by atoms with Crippen LogP contribution in [0.3, 0.4) is 0 Å². The van der Waals surface area contributed by atoms with Crippen molar-refractivity contribution >= 4 is 0 Å². The third-order valence-corrected chi connectivity index (χ3v) is 4.89. The van der Waals surface area contributed by atoms with E-state index < -0.39 is 0 Å². The Balaban J connectivity index is 1.75. The van der Waals surface area contributed by atoms with Crippen LogP contribution < -0.4 is 0 Å². The van der Waals surface area contributed by atoms with Gasteiger partial charge < -0.3 is 0 Å². The normalized spacial score (nSPS) is 24.7. The van der Waals surface area contributed by atoms with Gasteiger partial charge in [0, 0.05) is 26.7 Å². The Bertz CT molecular complexity index is 205. The molecule has 0 atom stereocenters. The fourth-order valence-electron chi connectivity index (χ4n) is 3.61. The zero-order chi connectivity index (χ0) is 12.1. The molecule has 2 aliphatic carbocycles. The largest absolute Gasteiger partial charge is 0.245 e. The van der Waals surface area contributed by atoms with E-state index in [2.05, 4.69) is 24.1 Å². The molecule has 2 saturated carbocycles. The molecule has 2 fully saturated rings. The van der Waals surface area contributed by atoms with Crippen molar-refractivity contribution in [2.45, 2.75) is 70.3 Å². The van der Waals surface area contributed by atoms with Crippen molar-refractivity contribution in [3.05, 3.63) is 0 Å². The van der Waals surface area contributed by atoms with Crippen LogP contribution in [0, 0.1) is 5.92 Å². The van der Waals surface area contributed by atoms with Crippen molar-refractivity contribution in [2.24, 2.45) is 5.92 Å². The van der Waals surface area contributed by atoms with Crippen molar-refractivity contribution in [2.75, 3.05) is 20.6 Å². The fourth-order valence-corrected chi connectivity index (χ4v) is 3.61. The maximum atomic E-state index is 2.54. The number of nitrogens with zero attached hydrogens (tertiary/aromatic N) is 2. The fraction of sp³-hybridized carbons (Fsp3) is 1.00. The first-order valence-electron chi connectivity index (χ1n) is 7.71. The Hall–Kier alpha value is -0.0800. The Morgan fingerprint density at radius 2 is 1.29 bits per heavy atom. The van der Waals surface area contributed by atoms with Gasteiger partial charge in [-0.2, -0.15) is 0 Å². The molecule has 2 heteroatoms. The van der Waals surface area contributed by atoms with Crippen LogP contribution >= 0.6 is 0 Å². The second kappa shape index (κ2) is 6.75. The summed E-state index contributed by atoms with van der Waals surface area (Å²) in [5.74, 6) is 0.958. The molecule has 0 amide bonds. The first-order valence-corrected chi connectivity index (χ1v) is 7.71. The lowest BCUT2D eigenvalue weighted by Crippen LogP contribution is -2.46. The molecule has 2 rings (SSSR count). The first kappa shape index (κ1) is 13.4. The minimum atomic E-state index is 0.817. The molecule has 0 aromatic heterocycles. The van der Waals surface area contributed by atoms with E-state index in [1.54, 1.807) is 0 Å². The summed E-state index contributed by atoms with van der Waals surface area (Å²) in [5, 5.41) is 5.04. The predicted octanol–water partition coefficient (Wildman–Crippen LogP) is 3.68. The van der Waals surface area contributed by atoms with Crippen molar-refractivity contribution in [3.63, 3.8) is 0 Å². The van der Waals surface area contributed by atoms with Gasteiger partial charge in [0.1, 0.15) is 0 Å². The molecule has 0 unspecified atom stereocenters. The molecule has 0 bridgehead atoms. The van der Waals surface area contributed by atoms with Crippen LogP contribution in [0.15, 0.2) is 0 Å². The van der Waals surface area contributed by atoms with E-state index in [0.29, 0.717) is 0 Å². The molecule has 0 aliphatic heterocycles. The molecule has 2 aliphatic rings. The maximum Gasteiger partial charge on any atom is 0.0242 e. The van der Waals surface area contributed by atoms with Gasteiger partial charge in [-0.15, -0.1) is 0 Å².